The fraction of sp³-hybridized carbons (Fsp3) is 0.950. The lowest BCUT2D eigenvalue weighted by Gasteiger charge is -2.35. The first-order valence-corrected chi connectivity index (χ1v) is 40.4. The molecule has 0 aromatic heterocycles. The van der Waals surface area contributed by atoms with Gasteiger partial charge in [-0.2, -0.15) is 0 Å². The van der Waals surface area contributed by atoms with Crippen molar-refractivity contribution in [1.29, 1.82) is 0 Å². The molecule has 4 amide bonds. The van der Waals surface area contributed by atoms with Crippen LogP contribution < -0.4 is 0 Å². The summed E-state index contributed by atoms with van der Waals surface area (Å²) in [6.07, 6.45) is 65.5. The Balaban J connectivity index is 0.000000619. The quantitative estimate of drug-likeness (QED) is 0.0553. The zero-order valence-corrected chi connectivity index (χ0v) is 62.9. The SMILES string of the molecule is CCCCCCCCCCCC(=O)N1CC(C)OC(C)C1.CCCCCCCCCCCC(=O)N1CCOCC1.CCCCCCCCCCCCCCCC(=O)N1CC(C)OC(C)C1.CCCCCCCCCCCCCCCCCC(=O)N1CC(C)OC(C)C1. The number of amides is 4. The summed E-state index contributed by atoms with van der Waals surface area (Å²) in [5.74, 6) is 1.29. The predicted molar refractivity (Wildman–Crippen MR) is 391 cm³/mol. The van der Waals surface area contributed by atoms with Gasteiger partial charge in [0, 0.05) is 78.0 Å². The van der Waals surface area contributed by atoms with Gasteiger partial charge in [-0.3, -0.25) is 19.2 Å². The molecule has 0 bridgehead atoms. The Labute approximate surface area is 571 Å². The van der Waals surface area contributed by atoms with Gasteiger partial charge in [0.05, 0.1) is 49.8 Å². The van der Waals surface area contributed by atoms with E-state index in [9.17, 15) is 19.2 Å². The Morgan fingerprint density at radius 1 is 0.239 bits per heavy atom. The molecule has 4 fully saturated rings. The second-order valence-corrected chi connectivity index (χ2v) is 29.0. The molecule has 92 heavy (non-hydrogen) atoms. The number of rotatable bonds is 50. The lowest BCUT2D eigenvalue weighted by Crippen LogP contribution is -2.48. The number of carbonyl (C=O) groups is 4. The molecule has 6 atom stereocenters. The molecule has 12 nitrogen and oxygen atoms in total. The van der Waals surface area contributed by atoms with Crippen LogP contribution in [0.2, 0.25) is 0 Å². The zero-order valence-electron chi connectivity index (χ0n) is 62.9. The Morgan fingerprint density at radius 2 is 0.391 bits per heavy atom. The fourth-order valence-corrected chi connectivity index (χ4v) is 13.7. The van der Waals surface area contributed by atoms with Crippen molar-refractivity contribution in [3.05, 3.63) is 0 Å². The number of nitrogens with zero attached hydrogens (tertiary/aromatic N) is 4. The molecule has 4 rings (SSSR count). The molecule has 6 unspecified atom stereocenters. The first kappa shape index (κ1) is 87.7. The Morgan fingerprint density at radius 3 is 0.565 bits per heavy atom. The highest BCUT2D eigenvalue weighted by Crippen LogP contribution is 2.21. The standard InChI is InChI=1S/C24H47NO2.C22H43NO2.C18H35NO2.C16H31NO2/c1-4-5-6-7-8-9-10-11-12-13-14-15-16-17-18-19-24(26)25-20-22(2)27-23(3)21-25;1-4-5-6-7-8-9-10-11-12-13-14-15-16-17-22(24)23-18-20(2)25-21(3)19-23;1-4-5-6-7-8-9-10-11-12-13-18(20)19-14-16(2)21-17(3)15-19;1-2-3-4-5-6-7-8-9-10-11-16(18)17-12-14-19-15-13-17/h22-23H,4-21H2,1-3H3;20-21H,4-19H2,1-3H3;16-17H,4-15H2,1-3H3;2-15H2,1H3. The number of unbranched alkanes of at least 4 members (excludes halogenated alkanes) is 42. The van der Waals surface area contributed by atoms with Gasteiger partial charge >= 0.3 is 0 Å². The Hall–Kier alpha value is -2.28. The average Bonchev–Trinajstić information content (AvgIpc) is 1.90. The highest BCUT2D eigenvalue weighted by molar-refractivity contribution is 5.77. The van der Waals surface area contributed by atoms with Crippen LogP contribution in [0.5, 0.6) is 0 Å². The van der Waals surface area contributed by atoms with Gasteiger partial charge in [-0.1, -0.05) is 297 Å². The summed E-state index contributed by atoms with van der Waals surface area (Å²) < 4.78 is 22.3. The number of morpholine rings is 4. The normalized spacial score (nSPS) is 20.0. The maximum absolute atomic E-state index is 12.3. The van der Waals surface area contributed by atoms with Crippen molar-refractivity contribution in [3.63, 3.8) is 0 Å². The summed E-state index contributed by atoms with van der Waals surface area (Å²) in [6.45, 7) is 29.0. The number of hydrogen-bond acceptors (Lipinski definition) is 8. The summed E-state index contributed by atoms with van der Waals surface area (Å²) in [7, 11) is 0. The monoisotopic (exact) mass is 1300 g/mol. The molecule has 0 saturated carbocycles. The van der Waals surface area contributed by atoms with Gasteiger partial charge in [-0.15, -0.1) is 0 Å². The van der Waals surface area contributed by atoms with E-state index in [1.165, 1.54) is 270 Å². The van der Waals surface area contributed by atoms with Crippen LogP contribution >= 0.6 is 0 Å². The van der Waals surface area contributed by atoms with E-state index in [1.807, 2.05) is 19.6 Å². The average molecular weight is 1300 g/mol. The molecule has 0 radical (unpaired) electrons. The van der Waals surface area contributed by atoms with Crippen molar-refractivity contribution in [2.24, 2.45) is 0 Å². The smallest absolute Gasteiger partial charge is 0.222 e. The molecular weight excluding hydrogens is 1140 g/mol. The van der Waals surface area contributed by atoms with Crippen molar-refractivity contribution in [2.45, 2.75) is 427 Å². The number of carbonyl (C=O) groups excluding carboxylic acids is 4. The zero-order chi connectivity index (χ0) is 67.3. The summed E-state index contributed by atoms with van der Waals surface area (Å²) in [4.78, 5) is 56.5. The summed E-state index contributed by atoms with van der Waals surface area (Å²) in [6, 6.07) is 0. The summed E-state index contributed by atoms with van der Waals surface area (Å²) >= 11 is 0. The van der Waals surface area contributed by atoms with Gasteiger partial charge in [0.1, 0.15) is 0 Å². The van der Waals surface area contributed by atoms with E-state index < -0.39 is 0 Å². The molecule has 0 spiro atoms. The molecule has 0 aromatic rings. The molecule has 544 valence electrons. The lowest BCUT2D eigenvalue weighted by molar-refractivity contribution is -0.143. The fourth-order valence-electron chi connectivity index (χ4n) is 13.7. The molecule has 12 heteroatoms. The minimum Gasteiger partial charge on any atom is -0.378 e. The summed E-state index contributed by atoms with van der Waals surface area (Å²) in [5.41, 5.74) is 0. The van der Waals surface area contributed by atoms with Gasteiger partial charge in [-0.05, 0) is 67.2 Å². The third-order valence-corrected chi connectivity index (χ3v) is 19.2. The minimum atomic E-state index is 0.179. The molecule has 4 aliphatic rings. The van der Waals surface area contributed by atoms with Crippen molar-refractivity contribution >= 4 is 23.6 Å². The second kappa shape index (κ2) is 63.5. The van der Waals surface area contributed by atoms with Gasteiger partial charge in [0.2, 0.25) is 23.6 Å². The molecule has 4 saturated heterocycles. The van der Waals surface area contributed by atoms with Gasteiger partial charge < -0.3 is 38.5 Å². The van der Waals surface area contributed by atoms with Crippen molar-refractivity contribution in [2.75, 3.05) is 65.6 Å². The molecular formula is C80H156N4O8. The molecule has 4 aliphatic heterocycles. The highest BCUT2D eigenvalue weighted by atomic mass is 16.5. The van der Waals surface area contributed by atoms with Crippen LogP contribution in [-0.2, 0) is 38.1 Å². The van der Waals surface area contributed by atoms with Crippen molar-refractivity contribution in [3.8, 4) is 0 Å². The van der Waals surface area contributed by atoms with Crippen molar-refractivity contribution in [1.82, 2.24) is 19.6 Å². The van der Waals surface area contributed by atoms with E-state index in [-0.39, 0.29) is 36.6 Å². The van der Waals surface area contributed by atoms with E-state index in [0.29, 0.717) is 36.8 Å². The van der Waals surface area contributed by atoms with Crippen LogP contribution in [0.1, 0.15) is 390 Å². The first-order valence-electron chi connectivity index (χ1n) is 40.4. The first-order chi connectivity index (χ1) is 44.7. The van der Waals surface area contributed by atoms with Gasteiger partial charge in [0.15, 0.2) is 0 Å². The minimum absolute atomic E-state index is 0.179. The molecule has 0 N–H and O–H groups in total. The van der Waals surface area contributed by atoms with E-state index >= 15 is 0 Å². The van der Waals surface area contributed by atoms with E-state index in [4.69, 9.17) is 18.9 Å². The van der Waals surface area contributed by atoms with Gasteiger partial charge in [0.25, 0.3) is 0 Å². The van der Waals surface area contributed by atoms with Crippen LogP contribution in [0.3, 0.4) is 0 Å². The molecule has 0 aromatic carbocycles. The van der Waals surface area contributed by atoms with Crippen LogP contribution in [0.15, 0.2) is 0 Å². The van der Waals surface area contributed by atoms with E-state index in [0.717, 1.165) is 104 Å². The molecule has 0 aliphatic carbocycles. The lowest BCUT2D eigenvalue weighted by atomic mass is 10.0. The van der Waals surface area contributed by atoms with Gasteiger partial charge in [-0.25, -0.2) is 0 Å². The highest BCUT2D eigenvalue weighted by Gasteiger charge is 2.28. The Kier molecular flexibility index (Phi) is 60.5. The Bertz CT molecular complexity index is 1630. The summed E-state index contributed by atoms with van der Waals surface area (Å²) in [5, 5.41) is 0. The van der Waals surface area contributed by atoms with Crippen LogP contribution in [-0.4, -0.2) is 145 Å². The van der Waals surface area contributed by atoms with Crippen LogP contribution in [0.25, 0.3) is 0 Å². The molecule has 4 heterocycles. The van der Waals surface area contributed by atoms with E-state index in [2.05, 4.69) is 69.2 Å². The van der Waals surface area contributed by atoms with Crippen LogP contribution in [0, 0.1) is 0 Å². The third kappa shape index (κ3) is 52.9. The predicted octanol–water partition coefficient (Wildman–Crippen LogP) is 21.3. The van der Waals surface area contributed by atoms with Crippen molar-refractivity contribution < 1.29 is 38.1 Å². The number of hydrogen-bond donors (Lipinski definition) is 0. The topological polar surface area (TPSA) is 118 Å². The maximum Gasteiger partial charge on any atom is 0.222 e. The third-order valence-electron chi connectivity index (χ3n) is 19.2. The second-order valence-electron chi connectivity index (χ2n) is 29.0. The van der Waals surface area contributed by atoms with E-state index in [1.54, 1.807) is 0 Å². The van der Waals surface area contributed by atoms with Crippen LogP contribution in [0.4, 0.5) is 0 Å². The largest absolute Gasteiger partial charge is 0.378 e. The number of ether oxygens (including phenoxy) is 4. The maximum atomic E-state index is 12.3.